The van der Waals surface area contributed by atoms with Crippen LogP contribution in [0.25, 0.3) is 10.8 Å². The lowest BCUT2D eigenvalue weighted by atomic mass is 10.0. The van der Waals surface area contributed by atoms with Gasteiger partial charge in [-0.1, -0.05) is 49.6 Å². The average Bonchev–Trinajstić information content (AvgIpc) is 2.90. The first-order valence-electron chi connectivity index (χ1n) is 12.5. The van der Waals surface area contributed by atoms with Gasteiger partial charge in [-0.3, -0.25) is 4.79 Å². The fourth-order valence-electron chi connectivity index (χ4n) is 4.57. The van der Waals surface area contributed by atoms with Crippen LogP contribution in [0.5, 0.6) is 11.6 Å². The largest absolute Gasteiger partial charge is 0.478 e. The minimum atomic E-state index is -1.09. The molecule has 6 nitrogen and oxygen atoms in total. The Morgan fingerprint density at radius 2 is 1.73 bits per heavy atom. The van der Waals surface area contributed by atoms with Crippen LogP contribution in [0.3, 0.4) is 0 Å². The number of carbonyl (C=O) groups excluding carboxylic acids is 1. The molecule has 1 heterocycles. The van der Waals surface area contributed by atoms with Crippen molar-refractivity contribution in [1.82, 2.24) is 4.98 Å². The van der Waals surface area contributed by atoms with E-state index < -0.39 is 5.97 Å². The van der Waals surface area contributed by atoms with Gasteiger partial charge in [0, 0.05) is 22.4 Å². The van der Waals surface area contributed by atoms with Gasteiger partial charge in [-0.05, 0) is 65.6 Å². The van der Waals surface area contributed by atoms with E-state index in [1.807, 2.05) is 23.9 Å². The molecule has 1 aliphatic rings. The van der Waals surface area contributed by atoms with Gasteiger partial charge in [0.1, 0.15) is 5.75 Å². The molecule has 7 heteroatoms. The number of hydrogen-bond donors (Lipinski definition) is 2. The van der Waals surface area contributed by atoms with Crippen LogP contribution in [-0.2, 0) is 11.2 Å². The summed E-state index contributed by atoms with van der Waals surface area (Å²) in [4.78, 5) is 29.4. The van der Waals surface area contributed by atoms with Crippen molar-refractivity contribution < 1.29 is 19.4 Å². The number of ether oxygens (including phenoxy) is 1. The van der Waals surface area contributed by atoms with Gasteiger partial charge in [-0.15, -0.1) is 11.8 Å². The molecule has 0 aliphatic heterocycles. The Morgan fingerprint density at radius 3 is 2.51 bits per heavy atom. The first-order chi connectivity index (χ1) is 18.0. The Bertz CT molecular complexity index is 1420. The summed E-state index contributed by atoms with van der Waals surface area (Å²) in [5.74, 6) is -0.279. The molecule has 1 aromatic heterocycles. The zero-order chi connectivity index (χ0) is 25.6. The van der Waals surface area contributed by atoms with Crippen LogP contribution in [0.2, 0.25) is 0 Å². The van der Waals surface area contributed by atoms with E-state index in [4.69, 9.17) is 4.74 Å². The molecular formula is C30H28N2O4S. The van der Waals surface area contributed by atoms with E-state index in [2.05, 4.69) is 34.6 Å². The SMILES string of the molecule is O=C(Cc1ccc(Oc2ccc3cc(SC4CCCCC4)ccc3c2)nc1)Nc1ccccc1C(=O)O. The molecule has 0 atom stereocenters. The highest BCUT2D eigenvalue weighted by Crippen LogP contribution is 2.35. The number of amides is 1. The van der Waals surface area contributed by atoms with Crippen LogP contribution in [-0.4, -0.2) is 27.2 Å². The molecule has 0 bridgehead atoms. The normalized spacial score (nSPS) is 13.8. The number of para-hydroxylation sites is 1. The number of benzene rings is 3. The molecule has 0 unspecified atom stereocenters. The highest BCUT2D eigenvalue weighted by Gasteiger charge is 2.15. The fourth-order valence-corrected chi connectivity index (χ4v) is 5.86. The van der Waals surface area contributed by atoms with Crippen molar-refractivity contribution in [3.8, 4) is 11.6 Å². The number of aromatic carboxylic acids is 1. The highest BCUT2D eigenvalue weighted by atomic mass is 32.2. The minimum Gasteiger partial charge on any atom is -0.478 e. The van der Waals surface area contributed by atoms with Crippen LogP contribution in [0.15, 0.2) is 83.9 Å². The van der Waals surface area contributed by atoms with Gasteiger partial charge in [0.2, 0.25) is 11.8 Å². The van der Waals surface area contributed by atoms with Crippen molar-refractivity contribution in [2.75, 3.05) is 5.32 Å². The van der Waals surface area contributed by atoms with Crippen molar-refractivity contribution in [1.29, 1.82) is 0 Å². The molecule has 1 aliphatic carbocycles. The van der Waals surface area contributed by atoms with E-state index >= 15 is 0 Å². The Labute approximate surface area is 220 Å². The Balaban J connectivity index is 1.19. The maximum Gasteiger partial charge on any atom is 0.337 e. The zero-order valence-corrected chi connectivity index (χ0v) is 21.2. The van der Waals surface area contributed by atoms with Crippen LogP contribution in [0, 0.1) is 0 Å². The van der Waals surface area contributed by atoms with Gasteiger partial charge >= 0.3 is 5.97 Å². The monoisotopic (exact) mass is 512 g/mol. The van der Waals surface area contributed by atoms with Gasteiger partial charge in [0.25, 0.3) is 0 Å². The summed E-state index contributed by atoms with van der Waals surface area (Å²) in [7, 11) is 0. The number of nitrogens with one attached hydrogen (secondary N) is 1. The Hall–Kier alpha value is -3.84. The molecule has 0 spiro atoms. The van der Waals surface area contributed by atoms with Crippen LogP contribution in [0.4, 0.5) is 5.69 Å². The summed E-state index contributed by atoms with van der Waals surface area (Å²) in [5, 5.41) is 15.0. The van der Waals surface area contributed by atoms with Crippen molar-refractivity contribution in [2.24, 2.45) is 0 Å². The standard InChI is InChI=1S/C30H28N2O4S/c33-28(32-27-9-5-4-8-26(27)30(34)35)16-20-10-15-29(31-19-20)36-23-13-11-22-18-25(14-12-21(22)17-23)37-24-6-2-1-3-7-24/h4-5,8-15,17-19,24H,1-3,6-7,16H2,(H,32,33)(H,34,35). The first kappa shape index (κ1) is 24.8. The summed E-state index contributed by atoms with van der Waals surface area (Å²) < 4.78 is 5.95. The molecule has 2 N–H and O–H groups in total. The number of carboxylic acids is 1. The Kier molecular flexibility index (Phi) is 7.70. The average molecular weight is 513 g/mol. The molecule has 188 valence electrons. The second-order valence-electron chi connectivity index (χ2n) is 9.23. The molecule has 4 aromatic rings. The third kappa shape index (κ3) is 6.49. The number of hydrogen-bond acceptors (Lipinski definition) is 5. The lowest BCUT2D eigenvalue weighted by Crippen LogP contribution is -2.16. The van der Waals surface area contributed by atoms with E-state index in [9.17, 15) is 14.7 Å². The molecular weight excluding hydrogens is 484 g/mol. The van der Waals surface area contributed by atoms with E-state index in [0.29, 0.717) is 17.2 Å². The number of fused-ring (bicyclic) bond motifs is 1. The number of carbonyl (C=O) groups is 2. The maximum atomic E-state index is 12.4. The van der Waals surface area contributed by atoms with Gasteiger partial charge in [-0.25, -0.2) is 9.78 Å². The predicted molar refractivity (Wildman–Crippen MR) is 147 cm³/mol. The third-order valence-electron chi connectivity index (χ3n) is 6.45. The van der Waals surface area contributed by atoms with Gasteiger partial charge in [0.05, 0.1) is 17.7 Å². The number of anilines is 1. The number of nitrogens with zero attached hydrogens (tertiary/aromatic N) is 1. The predicted octanol–water partition coefficient (Wildman–Crippen LogP) is 7.33. The van der Waals surface area contributed by atoms with E-state index in [0.717, 1.165) is 10.6 Å². The molecule has 5 rings (SSSR count). The topological polar surface area (TPSA) is 88.5 Å². The summed E-state index contributed by atoms with van der Waals surface area (Å²) >= 11 is 2.00. The van der Waals surface area contributed by atoms with E-state index in [1.165, 1.54) is 48.5 Å². The van der Waals surface area contributed by atoms with Crippen LogP contribution >= 0.6 is 11.8 Å². The van der Waals surface area contributed by atoms with Crippen molar-refractivity contribution in [3.63, 3.8) is 0 Å². The number of aromatic nitrogens is 1. The highest BCUT2D eigenvalue weighted by molar-refractivity contribution is 8.00. The first-order valence-corrected chi connectivity index (χ1v) is 13.4. The third-order valence-corrected chi connectivity index (χ3v) is 7.79. The Morgan fingerprint density at radius 1 is 0.946 bits per heavy atom. The van der Waals surface area contributed by atoms with Crippen molar-refractivity contribution >= 4 is 40.1 Å². The fraction of sp³-hybridized carbons (Fsp3) is 0.233. The van der Waals surface area contributed by atoms with Crippen molar-refractivity contribution in [2.45, 2.75) is 48.7 Å². The van der Waals surface area contributed by atoms with Gasteiger partial charge < -0.3 is 15.2 Å². The van der Waals surface area contributed by atoms with Crippen LogP contribution in [0.1, 0.15) is 48.0 Å². The number of rotatable bonds is 8. The summed E-state index contributed by atoms with van der Waals surface area (Å²) in [6, 6.07) is 22.4. The number of carboxylic acid groups (broad SMARTS) is 1. The quantitative estimate of drug-likeness (QED) is 0.257. The minimum absolute atomic E-state index is 0.0484. The lowest BCUT2D eigenvalue weighted by Gasteiger charge is -2.21. The zero-order valence-electron chi connectivity index (χ0n) is 20.4. The molecule has 1 fully saturated rings. The molecule has 0 saturated heterocycles. The molecule has 1 amide bonds. The van der Waals surface area contributed by atoms with Crippen molar-refractivity contribution in [3.05, 3.63) is 90.1 Å². The molecule has 1 saturated carbocycles. The second-order valence-corrected chi connectivity index (χ2v) is 10.6. The molecule has 3 aromatic carbocycles. The number of thioether (sulfide) groups is 1. The van der Waals surface area contributed by atoms with Crippen LogP contribution < -0.4 is 10.1 Å². The summed E-state index contributed by atoms with van der Waals surface area (Å²) in [6.45, 7) is 0. The van der Waals surface area contributed by atoms with E-state index in [1.54, 1.807) is 36.5 Å². The molecule has 0 radical (unpaired) electrons. The maximum absolute atomic E-state index is 12.4. The van der Waals surface area contributed by atoms with Gasteiger partial charge in [0.15, 0.2) is 0 Å². The lowest BCUT2D eigenvalue weighted by molar-refractivity contribution is -0.115. The number of pyridine rings is 1. The van der Waals surface area contributed by atoms with Gasteiger partial charge in [-0.2, -0.15) is 0 Å². The smallest absolute Gasteiger partial charge is 0.337 e. The summed E-state index contributed by atoms with van der Waals surface area (Å²) in [6.07, 6.45) is 8.33. The summed E-state index contributed by atoms with van der Waals surface area (Å²) in [5.41, 5.74) is 1.01. The second kappa shape index (κ2) is 11.5. The van der Waals surface area contributed by atoms with E-state index in [-0.39, 0.29) is 23.6 Å². The molecule has 37 heavy (non-hydrogen) atoms.